The van der Waals surface area contributed by atoms with Crippen LogP contribution in [0.2, 0.25) is 0 Å². The van der Waals surface area contributed by atoms with Crippen molar-refractivity contribution in [2.75, 3.05) is 46.0 Å². The van der Waals surface area contributed by atoms with E-state index in [0.717, 1.165) is 44.9 Å². The zero-order chi connectivity index (χ0) is 17.4. The highest BCUT2D eigenvalue weighted by atomic mass is 16.5. The minimum Gasteiger partial charge on any atom is -0.491 e. The van der Waals surface area contributed by atoms with Crippen LogP contribution < -0.4 is 4.74 Å². The number of aliphatic hydroxyl groups is 2. The molecular formula is C19H32N2O3. The van der Waals surface area contributed by atoms with Crippen LogP contribution in [0.15, 0.2) is 24.3 Å². The van der Waals surface area contributed by atoms with Crippen LogP contribution in [0.3, 0.4) is 0 Å². The normalized spacial score (nSPS) is 19.8. The van der Waals surface area contributed by atoms with Crippen LogP contribution in [0.25, 0.3) is 0 Å². The van der Waals surface area contributed by atoms with Crippen molar-refractivity contribution in [3.63, 3.8) is 0 Å². The summed E-state index contributed by atoms with van der Waals surface area (Å²) in [5.41, 5.74) is 1.23. The van der Waals surface area contributed by atoms with Crippen LogP contribution in [0.5, 0.6) is 5.75 Å². The summed E-state index contributed by atoms with van der Waals surface area (Å²) in [5.74, 6) is 1.46. The van der Waals surface area contributed by atoms with E-state index in [4.69, 9.17) is 9.84 Å². The Morgan fingerprint density at radius 3 is 2.75 bits per heavy atom. The summed E-state index contributed by atoms with van der Waals surface area (Å²) in [6.07, 6.45) is 0.836. The van der Waals surface area contributed by atoms with Crippen molar-refractivity contribution in [2.24, 2.45) is 5.92 Å². The van der Waals surface area contributed by atoms with Gasteiger partial charge in [-0.15, -0.1) is 0 Å². The molecule has 0 amide bonds. The summed E-state index contributed by atoms with van der Waals surface area (Å²) in [7, 11) is 0. The van der Waals surface area contributed by atoms with Gasteiger partial charge in [0, 0.05) is 45.4 Å². The number of hydrogen-bond acceptors (Lipinski definition) is 5. The van der Waals surface area contributed by atoms with Crippen LogP contribution >= 0.6 is 0 Å². The highest BCUT2D eigenvalue weighted by Gasteiger charge is 2.26. The van der Waals surface area contributed by atoms with Gasteiger partial charge in [-0.05, 0) is 30.0 Å². The molecule has 0 aliphatic carbocycles. The third kappa shape index (κ3) is 6.06. The van der Waals surface area contributed by atoms with Crippen molar-refractivity contribution < 1.29 is 14.9 Å². The molecule has 1 aromatic rings. The van der Waals surface area contributed by atoms with Crippen molar-refractivity contribution in [2.45, 2.75) is 32.9 Å². The Balaban J connectivity index is 1.93. The number of benzene rings is 1. The summed E-state index contributed by atoms with van der Waals surface area (Å²) in [6, 6.07) is 8.53. The predicted molar refractivity (Wildman–Crippen MR) is 96.2 cm³/mol. The van der Waals surface area contributed by atoms with Crippen molar-refractivity contribution in [1.29, 1.82) is 0 Å². The Bertz CT molecular complexity index is 481. The van der Waals surface area contributed by atoms with Gasteiger partial charge in [-0.2, -0.15) is 0 Å². The maximum Gasteiger partial charge on any atom is 0.119 e. The van der Waals surface area contributed by atoms with Gasteiger partial charge in [0.2, 0.25) is 0 Å². The number of piperazine rings is 1. The molecule has 5 heteroatoms. The van der Waals surface area contributed by atoms with E-state index in [9.17, 15) is 5.11 Å². The lowest BCUT2D eigenvalue weighted by Crippen LogP contribution is -2.53. The highest BCUT2D eigenvalue weighted by Crippen LogP contribution is 2.19. The molecule has 136 valence electrons. The Kier molecular flexibility index (Phi) is 7.99. The van der Waals surface area contributed by atoms with Crippen molar-refractivity contribution >= 4 is 0 Å². The molecule has 1 saturated heterocycles. The lowest BCUT2D eigenvalue weighted by Gasteiger charge is -2.42. The van der Waals surface area contributed by atoms with Gasteiger partial charge < -0.3 is 14.9 Å². The molecule has 24 heavy (non-hydrogen) atoms. The third-order valence-corrected chi connectivity index (χ3v) is 4.42. The van der Waals surface area contributed by atoms with E-state index in [1.165, 1.54) is 5.56 Å². The van der Waals surface area contributed by atoms with Gasteiger partial charge in [-0.25, -0.2) is 0 Å². The molecule has 1 fully saturated rings. The Labute approximate surface area is 145 Å². The molecule has 0 aromatic heterocycles. The summed E-state index contributed by atoms with van der Waals surface area (Å²) in [5, 5.41) is 18.2. The van der Waals surface area contributed by atoms with E-state index in [-0.39, 0.29) is 13.2 Å². The minimum atomic E-state index is 0.0326. The molecule has 1 heterocycles. The van der Waals surface area contributed by atoms with E-state index in [1.807, 2.05) is 12.1 Å². The molecule has 2 rings (SSSR count). The zero-order valence-electron chi connectivity index (χ0n) is 15.0. The molecule has 0 saturated carbocycles. The lowest BCUT2D eigenvalue weighted by molar-refractivity contribution is 0.0476. The first-order valence-corrected chi connectivity index (χ1v) is 9.02. The first-order valence-electron chi connectivity index (χ1n) is 9.02. The van der Waals surface area contributed by atoms with Gasteiger partial charge in [0.1, 0.15) is 12.4 Å². The molecule has 0 bridgehead atoms. The van der Waals surface area contributed by atoms with Gasteiger partial charge in [-0.3, -0.25) is 9.80 Å². The molecule has 1 aromatic carbocycles. The average molecular weight is 336 g/mol. The molecule has 1 atom stereocenters. The number of ether oxygens (including phenoxy) is 1. The first kappa shape index (κ1) is 19.2. The molecule has 1 aliphatic heterocycles. The smallest absolute Gasteiger partial charge is 0.119 e. The van der Waals surface area contributed by atoms with Gasteiger partial charge in [0.15, 0.2) is 0 Å². The molecule has 0 radical (unpaired) electrons. The van der Waals surface area contributed by atoms with Crippen LogP contribution in [-0.4, -0.2) is 72.1 Å². The van der Waals surface area contributed by atoms with E-state index in [0.29, 0.717) is 18.6 Å². The van der Waals surface area contributed by atoms with Crippen LogP contribution in [0.4, 0.5) is 0 Å². The maximum atomic E-state index is 9.38. The fourth-order valence-corrected chi connectivity index (χ4v) is 3.39. The van der Waals surface area contributed by atoms with Gasteiger partial charge in [0.25, 0.3) is 0 Å². The van der Waals surface area contributed by atoms with E-state index >= 15 is 0 Å². The predicted octanol–water partition coefficient (Wildman–Crippen LogP) is 1.58. The molecule has 2 N–H and O–H groups in total. The molecule has 0 unspecified atom stereocenters. The Morgan fingerprint density at radius 2 is 2.04 bits per heavy atom. The van der Waals surface area contributed by atoms with Crippen molar-refractivity contribution in [3.05, 3.63) is 29.8 Å². The van der Waals surface area contributed by atoms with Crippen LogP contribution in [0.1, 0.15) is 25.8 Å². The second kappa shape index (κ2) is 9.99. The number of aliphatic hydroxyl groups excluding tert-OH is 2. The first-order chi connectivity index (χ1) is 11.6. The van der Waals surface area contributed by atoms with Crippen LogP contribution in [-0.2, 0) is 6.54 Å². The second-order valence-corrected chi connectivity index (χ2v) is 7.01. The molecular weight excluding hydrogens is 304 g/mol. The second-order valence-electron chi connectivity index (χ2n) is 7.01. The maximum absolute atomic E-state index is 9.38. The van der Waals surface area contributed by atoms with E-state index in [2.05, 4.69) is 35.8 Å². The zero-order valence-corrected chi connectivity index (χ0v) is 15.0. The van der Waals surface area contributed by atoms with E-state index < -0.39 is 0 Å². The number of rotatable bonds is 9. The fourth-order valence-electron chi connectivity index (χ4n) is 3.39. The van der Waals surface area contributed by atoms with Crippen molar-refractivity contribution in [1.82, 2.24) is 9.80 Å². The Morgan fingerprint density at radius 1 is 1.21 bits per heavy atom. The Hall–Kier alpha value is -1.14. The average Bonchev–Trinajstić information content (AvgIpc) is 2.55. The SMILES string of the molecule is CC(C)CN1CCN(Cc2cccc(OCCO)c2)C[C@H]1CCO. The summed E-state index contributed by atoms with van der Waals surface area (Å²) in [6.45, 7) is 10.2. The minimum absolute atomic E-state index is 0.0326. The summed E-state index contributed by atoms with van der Waals surface area (Å²) in [4.78, 5) is 4.99. The van der Waals surface area contributed by atoms with Gasteiger partial charge in [-0.1, -0.05) is 26.0 Å². The molecule has 5 nitrogen and oxygen atoms in total. The van der Waals surface area contributed by atoms with Gasteiger partial charge in [0.05, 0.1) is 6.61 Å². The molecule has 0 spiro atoms. The monoisotopic (exact) mass is 336 g/mol. The topological polar surface area (TPSA) is 56.2 Å². The quantitative estimate of drug-likeness (QED) is 0.717. The van der Waals surface area contributed by atoms with E-state index in [1.54, 1.807) is 0 Å². The highest BCUT2D eigenvalue weighted by molar-refractivity contribution is 5.28. The van der Waals surface area contributed by atoms with Gasteiger partial charge >= 0.3 is 0 Å². The largest absolute Gasteiger partial charge is 0.491 e. The summed E-state index contributed by atoms with van der Waals surface area (Å²) < 4.78 is 5.50. The standard InChI is InChI=1S/C19H32N2O3/c1-16(2)13-21-8-7-20(15-18(21)6-9-22)14-17-4-3-5-19(12-17)24-11-10-23/h3-5,12,16,18,22-23H,6-11,13-15H2,1-2H3/t18-/m1/s1. The number of nitrogens with zero attached hydrogens (tertiary/aromatic N) is 2. The lowest BCUT2D eigenvalue weighted by atomic mass is 10.1. The molecule has 1 aliphatic rings. The number of hydrogen-bond donors (Lipinski definition) is 2. The fraction of sp³-hybridized carbons (Fsp3) is 0.684. The third-order valence-electron chi connectivity index (χ3n) is 4.42. The van der Waals surface area contributed by atoms with Crippen molar-refractivity contribution in [3.8, 4) is 5.75 Å². The summed E-state index contributed by atoms with van der Waals surface area (Å²) >= 11 is 0. The van der Waals surface area contributed by atoms with Crippen LogP contribution in [0, 0.1) is 5.92 Å².